The van der Waals surface area contributed by atoms with Crippen molar-refractivity contribution in [1.29, 1.82) is 0 Å². The Bertz CT molecular complexity index is 1720. The number of rotatable bonds is 17. The van der Waals surface area contributed by atoms with Gasteiger partial charge in [-0.15, -0.1) is 0 Å². The van der Waals surface area contributed by atoms with E-state index in [0.29, 0.717) is 56.2 Å². The third-order valence-corrected chi connectivity index (χ3v) is 9.39. The van der Waals surface area contributed by atoms with Crippen LogP contribution in [-0.4, -0.2) is 75.2 Å². The molecule has 3 aromatic rings. The zero-order chi connectivity index (χ0) is 37.3. The van der Waals surface area contributed by atoms with Crippen molar-refractivity contribution in [3.8, 4) is 11.5 Å². The van der Waals surface area contributed by atoms with Crippen molar-refractivity contribution in [2.24, 2.45) is 0 Å². The number of para-hydroxylation sites is 1. The number of carbonyl (C=O) groups excluding carboxylic acids is 2. The summed E-state index contributed by atoms with van der Waals surface area (Å²) >= 11 is 18.9. The van der Waals surface area contributed by atoms with Gasteiger partial charge in [0, 0.05) is 36.8 Å². The largest absolute Gasteiger partial charge is 0.490 e. The van der Waals surface area contributed by atoms with Gasteiger partial charge in [0.2, 0.25) is 5.91 Å². The molecule has 1 fully saturated rings. The summed E-state index contributed by atoms with van der Waals surface area (Å²) < 4.78 is 60.4. The van der Waals surface area contributed by atoms with Crippen LogP contribution in [0, 0.1) is 0 Å². The molecule has 1 aliphatic carbocycles. The molecule has 9 nitrogen and oxygen atoms in total. The number of halogens is 6. The van der Waals surface area contributed by atoms with Gasteiger partial charge in [-0.1, -0.05) is 65.1 Å². The Morgan fingerprint density at radius 2 is 1.67 bits per heavy atom. The Kier molecular flexibility index (Phi) is 14.1. The SMILES string of the molecule is COCOCC1NCCC(c2ccc(OCCOc3c(Cl)cccc3Cl)cc2)=C1C(=O)N(Cc1cc(CNC(=O)CC(F)(F)F)ccc1Cl)C1CC1. The van der Waals surface area contributed by atoms with Gasteiger partial charge in [0.1, 0.15) is 32.2 Å². The highest BCUT2D eigenvalue weighted by Crippen LogP contribution is 2.36. The van der Waals surface area contributed by atoms with E-state index in [2.05, 4.69) is 10.6 Å². The molecule has 0 saturated heterocycles. The summed E-state index contributed by atoms with van der Waals surface area (Å²) in [5.41, 5.74) is 3.48. The topological polar surface area (TPSA) is 98.4 Å². The third-order valence-electron chi connectivity index (χ3n) is 8.43. The van der Waals surface area contributed by atoms with Gasteiger partial charge in [0.05, 0.1) is 22.7 Å². The number of hydrogen-bond donors (Lipinski definition) is 2. The van der Waals surface area contributed by atoms with Crippen molar-refractivity contribution in [3.05, 3.63) is 98.0 Å². The molecule has 15 heteroatoms. The first-order valence-electron chi connectivity index (χ1n) is 16.7. The lowest BCUT2D eigenvalue weighted by molar-refractivity contribution is -0.153. The lowest BCUT2D eigenvalue weighted by atomic mass is 9.88. The van der Waals surface area contributed by atoms with E-state index in [1.54, 1.807) is 41.3 Å². The molecule has 280 valence electrons. The molecule has 2 amide bonds. The van der Waals surface area contributed by atoms with Crippen molar-refractivity contribution < 1.29 is 41.7 Å². The number of methoxy groups -OCH3 is 1. The zero-order valence-corrected chi connectivity index (χ0v) is 30.6. The van der Waals surface area contributed by atoms with Crippen molar-refractivity contribution in [1.82, 2.24) is 15.5 Å². The Morgan fingerprint density at radius 3 is 2.35 bits per heavy atom. The van der Waals surface area contributed by atoms with Gasteiger partial charge < -0.3 is 34.5 Å². The van der Waals surface area contributed by atoms with Gasteiger partial charge in [0.15, 0.2) is 5.75 Å². The fourth-order valence-corrected chi connectivity index (χ4v) is 6.54. The summed E-state index contributed by atoms with van der Waals surface area (Å²) in [5, 5.41) is 6.95. The second-order valence-electron chi connectivity index (χ2n) is 12.4. The average molecular weight is 785 g/mol. The number of ether oxygens (including phenoxy) is 4. The van der Waals surface area contributed by atoms with Crippen LogP contribution in [0.15, 0.2) is 66.2 Å². The lowest BCUT2D eigenvalue weighted by Crippen LogP contribution is -2.47. The first kappa shape index (κ1) is 39.7. The number of benzene rings is 3. The van der Waals surface area contributed by atoms with Crippen LogP contribution in [0.4, 0.5) is 13.2 Å². The molecule has 0 spiro atoms. The summed E-state index contributed by atoms with van der Waals surface area (Å²) in [4.78, 5) is 28.2. The van der Waals surface area contributed by atoms with Crippen LogP contribution in [0.3, 0.4) is 0 Å². The monoisotopic (exact) mass is 783 g/mol. The average Bonchev–Trinajstić information content (AvgIpc) is 3.95. The van der Waals surface area contributed by atoms with Gasteiger partial charge in [-0.05, 0) is 78.4 Å². The molecule has 1 unspecified atom stereocenters. The van der Waals surface area contributed by atoms with Crippen molar-refractivity contribution in [3.63, 3.8) is 0 Å². The maximum absolute atomic E-state index is 14.6. The molecule has 1 aliphatic heterocycles. The van der Waals surface area contributed by atoms with Gasteiger partial charge >= 0.3 is 6.18 Å². The Balaban J connectivity index is 1.34. The molecular formula is C37H39Cl3F3N3O6. The Labute approximate surface area is 315 Å². The highest BCUT2D eigenvalue weighted by Gasteiger charge is 2.39. The van der Waals surface area contributed by atoms with E-state index in [1.165, 1.54) is 7.11 Å². The molecule has 2 N–H and O–H groups in total. The van der Waals surface area contributed by atoms with Gasteiger partial charge in [0.25, 0.3) is 5.91 Å². The molecule has 1 heterocycles. The number of carbonyl (C=O) groups is 2. The number of amides is 2. The van der Waals surface area contributed by atoms with E-state index >= 15 is 0 Å². The van der Waals surface area contributed by atoms with Crippen LogP contribution in [0.25, 0.3) is 5.57 Å². The molecule has 1 atom stereocenters. The van der Waals surface area contributed by atoms with E-state index in [1.807, 2.05) is 24.3 Å². The number of hydrogen-bond acceptors (Lipinski definition) is 7. The molecule has 3 aromatic carbocycles. The molecule has 2 aliphatic rings. The quantitative estimate of drug-likeness (QED) is 0.108. The van der Waals surface area contributed by atoms with Crippen LogP contribution in [0.2, 0.25) is 15.1 Å². The summed E-state index contributed by atoms with van der Waals surface area (Å²) in [6.07, 6.45) is -3.96. The van der Waals surface area contributed by atoms with E-state index in [9.17, 15) is 22.8 Å². The van der Waals surface area contributed by atoms with Gasteiger partial charge in [-0.2, -0.15) is 13.2 Å². The van der Waals surface area contributed by atoms with E-state index < -0.39 is 24.5 Å². The summed E-state index contributed by atoms with van der Waals surface area (Å²) in [5.74, 6) is -0.292. The number of nitrogens with one attached hydrogen (secondary N) is 2. The predicted octanol–water partition coefficient (Wildman–Crippen LogP) is 7.60. The van der Waals surface area contributed by atoms with Crippen molar-refractivity contribution in [2.45, 2.75) is 57.0 Å². The van der Waals surface area contributed by atoms with Crippen LogP contribution < -0.4 is 20.1 Å². The molecule has 0 aromatic heterocycles. The Morgan fingerprint density at radius 1 is 0.962 bits per heavy atom. The summed E-state index contributed by atoms with van der Waals surface area (Å²) in [6.45, 7) is 1.39. The second kappa shape index (κ2) is 18.5. The maximum atomic E-state index is 14.6. The van der Waals surface area contributed by atoms with Crippen LogP contribution >= 0.6 is 34.8 Å². The molecule has 52 heavy (non-hydrogen) atoms. The van der Waals surface area contributed by atoms with Gasteiger partial charge in [-0.3, -0.25) is 9.59 Å². The fourth-order valence-electron chi connectivity index (χ4n) is 5.86. The third kappa shape index (κ3) is 11.2. The maximum Gasteiger partial charge on any atom is 0.397 e. The molecule has 0 radical (unpaired) electrons. The zero-order valence-electron chi connectivity index (χ0n) is 28.4. The standard InChI is InChI=1S/C37H39Cl3F3N3O6/c1-49-22-50-21-32-34(28(13-14-44-32)24-6-10-27(11-7-24)51-15-16-52-35-30(39)3-2-4-31(35)40)36(48)46(26-8-9-26)20-25-17-23(5-12-29(25)38)19-45-33(47)18-37(41,42)43/h2-7,10-12,17,26,32,44H,8-9,13-16,18-22H2,1H3,(H,45,47). The van der Waals surface area contributed by atoms with E-state index in [0.717, 1.165) is 24.0 Å². The number of alkyl halides is 3. The minimum Gasteiger partial charge on any atom is -0.490 e. The summed E-state index contributed by atoms with van der Waals surface area (Å²) in [7, 11) is 1.53. The van der Waals surface area contributed by atoms with Crippen LogP contribution in [-0.2, 0) is 32.2 Å². The molecule has 1 saturated carbocycles. The highest BCUT2D eigenvalue weighted by atomic mass is 35.5. The molecular weight excluding hydrogens is 746 g/mol. The smallest absolute Gasteiger partial charge is 0.397 e. The van der Waals surface area contributed by atoms with Gasteiger partial charge in [-0.25, -0.2) is 0 Å². The van der Waals surface area contributed by atoms with Crippen LogP contribution in [0.5, 0.6) is 11.5 Å². The Hall–Kier alpha value is -3.52. The summed E-state index contributed by atoms with van der Waals surface area (Å²) in [6, 6.07) is 17.1. The first-order chi connectivity index (χ1) is 24.9. The predicted molar refractivity (Wildman–Crippen MR) is 193 cm³/mol. The van der Waals surface area contributed by atoms with Crippen molar-refractivity contribution in [2.75, 3.05) is 40.3 Å². The lowest BCUT2D eigenvalue weighted by Gasteiger charge is -2.33. The molecule has 0 bridgehead atoms. The normalized spacial score (nSPS) is 16.1. The highest BCUT2D eigenvalue weighted by molar-refractivity contribution is 6.37. The van der Waals surface area contributed by atoms with Crippen LogP contribution in [0.1, 0.15) is 42.4 Å². The number of nitrogens with zero attached hydrogens (tertiary/aromatic N) is 1. The molecule has 5 rings (SSSR count). The van der Waals surface area contributed by atoms with Crippen molar-refractivity contribution >= 4 is 52.2 Å². The minimum absolute atomic E-state index is 0.0198. The first-order valence-corrected chi connectivity index (χ1v) is 17.8. The minimum atomic E-state index is -4.60. The second-order valence-corrected chi connectivity index (χ2v) is 13.6. The fraction of sp³-hybridized carbons (Fsp3) is 0.405. The van der Waals surface area contributed by atoms with E-state index in [-0.39, 0.29) is 51.7 Å². The van der Waals surface area contributed by atoms with E-state index in [4.69, 9.17) is 53.8 Å².